The highest BCUT2D eigenvalue weighted by Crippen LogP contribution is 2.36. The van der Waals surface area contributed by atoms with E-state index in [0.29, 0.717) is 21.8 Å². The van der Waals surface area contributed by atoms with Crippen LogP contribution in [0.15, 0.2) is 46.7 Å². The Labute approximate surface area is 161 Å². The molecule has 0 spiro atoms. The molecule has 0 aliphatic carbocycles. The monoisotopic (exact) mass is 402 g/mol. The predicted octanol–water partition coefficient (Wildman–Crippen LogP) is 2.55. The quantitative estimate of drug-likeness (QED) is 0.704. The summed E-state index contributed by atoms with van der Waals surface area (Å²) in [5.41, 5.74) is 2.55. The van der Waals surface area contributed by atoms with Gasteiger partial charge >= 0.3 is 0 Å². The van der Waals surface area contributed by atoms with E-state index in [1.807, 2.05) is 30.3 Å². The van der Waals surface area contributed by atoms with Crippen LogP contribution in [0.2, 0.25) is 0 Å². The topological polar surface area (TPSA) is 95.2 Å². The molecule has 3 heterocycles. The molecular weight excluding hydrogens is 384 g/mol. The van der Waals surface area contributed by atoms with Crippen LogP contribution in [0.5, 0.6) is 0 Å². The summed E-state index contributed by atoms with van der Waals surface area (Å²) in [5, 5.41) is 11.9. The molecule has 27 heavy (non-hydrogen) atoms. The largest absolute Gasteiger partial charge is 0.343 e. The van der Waals surface area contributed by atoms with Crippen LogP contribution in [0, 0.1) is 6.92 Å². The smallest absolute Gasteiger partial charge is 0.255 e. The average molecular weight is 403 g/mol. The van der Waals surface area contributed by atoms with Crippen molar-refractivity contribution >= 4 is 27.3 Å². The number of nitrogens with one attached hydrogen (secondary N) is 2. The van der Waals surface area contributed by atoms with E-state index in [1.54, 1.807) is 18.4 Å². The summed E-state index contributed by atoms with van der Waals surface area (Å²) in [6.45, 7) is 1.99. The maximum atomic E-state index is 13.1. The lowest BCUT2D eigenvalue weighted by atomic mass is 10.0. The van der Waals surface area contributed by atoms with Crippen molar-refractivity contribution in [3.8, 4) is 11.3 Å². The van der Waals surface area contributed by atoms with E-state index >= 15 is 0 Å². The van der Waals surface area contributed by atoms with Crippen molar-refractivity contribution in [1.82, 2.24) is 19.8 Å². The zero-order chi connectivity index (χ0) is 19.2. The standard InChI is InChI=1S/C18H18N4O3S2/c1-11-15(16(21-20-11)12-6-4-3-5-7-12)18(23)19-13-10-22(2)27(24,25)14-8-9-26-17(13)14/h3-9,13H,10H2,1-2H3,(H,19,23)(H,20,21). The lowest BCUT2D eigenvalue weighted by molar-refractivity contribution is 0.0932. The minimum atomic E-state index is -3.49. The van der Waals surface area contributed by atoms with Crippen molar-refractivity contribution in [2.45, 2.75) is 17.9 Å². The van der Waals surface area contributed by atoms with Gasteiger partial charge in [-0.1, -0.05) is 30.3 Å². The first-order valence-electron chi connectivity index (χ1n) is 8.34. The molecule has 1 aliphatic rings. The maximum Gasteiger partial charge on any atom is 0.255 e. The molecule has 140 valence electrons. The Hall–Kier alpha value is -2.49. The molecule has 3 aromatic rings. The number of aromatic amines is 1. The van der Waals surface area contributed by atoms with E-state index in [-0.39, 0.29) is 17.3 Å². The van der Waals surface area contributed by atoms with Crippen molar-refractivity contribution in [3.63, 3.8) is 0 Å². The molecule has 1 amide bonds. The van der Waals surface area contributed by atoms with Gasteiger partial charge in [0.15, 0.2) is 0 Å². The van der Waals surface area contributed by atoms with Gasteiger partial charge in [-0.05, 0) is 18.4 Å². The summed E-state index contributed by atoms with van der Waals surface area (Å²) in [6.07, 6.45) is 0. The molecule has 1 unspecified atom stereocenters. The summed E-state index contributed by atoms with van der Waals surface area (Å²) < 4.78 is 26.1. The molecule has 2 aromatic heterocycles. The van der Waals surface area contributed by atoms with Gasteiger partial charge in [0.25, 0.3) is 5.91 Å². The third-order valence-corrected chi connectivity index (χ3v) is 7.67. The molecule has 4 rings (SSSR count). The lowest BCUT2D eigenvalue weighted by Crippen LogP contribution is -2.43. The number of thiophene rings is 1. The second kappa shape index (κ2) is 6.59. The van der Waals surface area contributed by atoms with E-state index < -0.39 is 16.1 Å². The number of aromatic nitrogens is 2. The molecule has 1 aliphatic heterocycles. The fourth-order valence-electron chi connectivity index (χ4n) is 3.24. The third-order valence-electron chi connectivity index (χ3n) is 4.63. The van der Waals surface area contributed by atoms with Crippen molar-refractivity contribution in [2.24, 2.45) is 0 Å². The van der Waals surface area contributed by atoms with Crippen LogP contribution < -0.4 is 5.32 Å². The first kappa shape index (κ1) is 17.9. The van der Waals surface area contributed by atoms with E-state index in [9.17, 15) is 13.2 Å². The predicted molar refractivity (Wildman–Crippen MR) is 103 cm³/mol. The van der Waals surface area contributed by atoms with E-state index in [0.717, 1.165) is 5.56 Å². The van der Waals surface area contributed by atoms with E-state index in [4.69, 9.17) is 0 Å². The average Bonchev–Trinajstić information content (AvgIpc) is 3.28. The number of aryl methyl sites for hydroxylation is 1. The highest BCUT2D eigenvalue weighted by molar-refractivity contribution is 7.89. The zero-order valence-electron chi connectivity index (χ0n) is 14.8. The number of hydrogen-bond acceptors (Lipinski definition) is 5. The van der Waals surface area contributed by atoms with Gasteiger partial charge in [0.1, 0.15) is 5.69 Å². The Kier molecular flexibility index (Phi) is 4.37. The van der Waals surface area contributed by atoms with Crippen LogP contribution >= 0.6 is 11.3 Å². The SMILES string of the molecule is Cc1[nH]nc(-c2ccccc2)c1C(=O)NC1CN(C)S(=O)(=O)c2ccsc21. The number of H-pyrrole nitrogens is 1. The number of amides is 1. The fraction of sp³-hybridized carbons (Fsp3) is 0.222. The van der Waals surface area contributed by atoms with Gasteiger partial charge < -0.3 is 5.32 Å². The van der Waals surface area contributed by atoms with E-state index in [1.165, 1.54) is 22.7 Å². The number of carbonyl (C=O) groups is 1. The minimum absolute atomic E-state index is 0.194. The normalized spacial score (nSPS) is 18.8. The first-order valence-corrected chi connectivity index (χ1v) is 10.7. The van der Waals surface area contributed by atoms with Gasteiger partial charge in [0, 0.05) is 29.7 Å². The number of hydrogen-bond donors (Lipinski definition) is 2. The highest BCUT2D eigenvalue weighted by atomic mass is 32.2. The summed E-state index contributed by atoms with van der Waals surface area (Å²) in [6, 6.07) is 10.6. The van der Waals surface area contributed by atoms with Crippen LogP contribution in [0.4, 0.5) is 0 Å². The van der Waals surface area contributed by atoms with Crippen molar-refractivity contribution in [2.75, 3.05) is 13.6 Å². The zero-order valence-corrected chi connectivity index (χ0v) is 16.4. The number of nitrogens with zero attached hydrogens (tertiary/aromatic N) is 2. The second-order valence-electron chi connectivity index (χ2n) is 6.40. The Balaban J connectivity index is 1.68. The van der Waals surface area contributed by atoms with Gasteiger partial charge in [-0.3, -0.25) is 9.89 Å². The number of fused-ring (bicyclic) bond motifs is 1. The van der Waals surface area contributed by atoms with Crippen molar-refractivity contribution in [1.29, 1.82) is 0 Å². The first-order chi connectivity index (χ1) is 12.9. The Bertz CT molecular complexity index is 1100. The molecule has 1 atom stereocenters. The molecule has 0 fully saturated rings. The van der Waals surface area contributed by atoms with Gasteiger partial charge in [-0.2, -0.15) is 9.40 Å². The molecule has 0 saturated heterocycles. The van der Waals surface area contributed by atoms with Gasteiger partial charge in [-0.15, -0.1) is 11.3 Å². The van der Waals surface area contributed by atoms with Crippen molar-refractivity contribution < 1.29 is 13.2 Å². The molecule has 0 saturated carbocycles. The van der Waals surface area contributed by atoms with Gasteiger partial charge in [0.2, 0.25) is 10.0 Å². The molecule has 1 aromatic carbocycles. The molecule has 7 nitrogen and oxygen atoms in total. The lowest BCUT2D eigenvalue weighted by Gasteiger charge is -2.30. The Morgan fingerprint density at radius 3 is 2.78 bits per heavy atom. The van der Waals surface area contributed by atoms with Crippen molar-refractivity contribution in [3.05, 3.63) is 57.9 Å². The summed E-state index contributed by atoms with van der Waals surface area (Å²) in [4.78, 5) is 14.0. The molecule has 2 N–H and O–H groups in total. The Morgan fingerprint density at radius 1 is 1.30 bits per heavy atom. The van der Waals surface area contributed by atoms with Crippen LogP contribution in [-0.4, -0.2) is 42.4 Å². The number of benzene rings is 1. The highest BCUT2D eigenvalue weighted by Gasteiger charge is 2.37. The molecular formula is C18H18N4O3S2. The summed E-state index contributed by atoms with van der Waals surface area (Å²) in [5.74, 6) is -0.280. The second-order valence-corrected chi connectivity index (χ2v) is 9.36. The van der Waals surface area contributed by atoms with E-state index in [2.05, 4.69) is 15.5 Å². The fourth-order valence-corrected chi connectivity index (χ4v) is 5.93. The summed E-state index contributed by atoms with van der Waals surface area (Å²) >= 11 is 1.34. The van der Waals surface area contributed by atoms with Crippen LogP contribution in [0.3, 0.4) is 0 Å². The number of rotatable bonds is 3. The Morgan fingerprint density at radius 2 is 2.04 bits per heavy atom. The van der Waals surface area contributed by atoms with Gasteiger partial charge in [-0.25, -0.2) is 8.42 Å². The molecule has 0 bridgehead atoms. The number of likely N-dealkylation sites (N-methyl/N-ethyl adjacent to an activating group) is 1. The summed E-state index contributed by atoms with van der Waals surface area (Å²) in [7, 11) is -1.96. The minimum Gasteiger partial charge on any atom is -0.343 e. The molecule has 9 heteroatoms. The number of sulfonamides is 1. The maximum absolute atomic E-state index is 13.1. The third kappa shape index (κ3) is 2.97. The van der Waals surface area contributed by atoms with Crippen LogP contribution in [0.1, 0.15) is 27.0 Å². The number of carbonyl (C=O) groups excluding carboxylic acids is 1. The van der Waals surface area contributed by atoms with Crippen LogP contribution in [-0.2, 0) is 10.0 Å². The molecule has 0 radical (unpaired) electrons. The van der Waals surface area contributed by atoms with Gasteiger partial charge in [0.05, 0.1) is 16.5 Å². The van der Waals surface area contributed by atoms with Crippen LogP contribution in [0.25, 0.3) is 11.3 Å².